The molecule has 0 aliphatic heterocycles. The van der Waals surface area contributed by atoms with E-state index in [-0.39, 0.29) is 5.41 Å². The minimum Gasteiger partial charge on any atom is -0.408 e. The third-order valence-electron chi connectivity index (χ3n) is 2.48. The second-order valence-electron chi connectivity index (χ2n) is 4.70. The predicted molar refractivity (Wildman–Crippen MR) is 67.5 cm³/mol. The van der Waals surface area contributed by atoms with Gasteiger partial charge in [-0.2, -0.15) is 0 Å². The molecule has 0 saturated heterocycles. The number of alkyl halides is 1. The van der Waals surface area contributed by atoms with Gasteiger partial charge in [-0.1, -0.05) is 18.9 Å². The van der Waals surface area contributed by atoms with Crippen LogP contribution in [0, 0.1) is 5.41 Å². The molecule has 17 heavy (non-hydrogen) atoms. The zero-order valence-corrected chi connectivity index (χ0v) is 11.4. The molecule has 0 aromatic carbocycles. The highest BCUT2D eigenvalue weighted by molar-refractivity contribution is 6.17. The lowest BCUT2D eigenvalue weighted by Gasteiger charge is -2.23. The lowest BCUT2D eigenvalue weighted by atomic mass is 9.90. The average molecular weight is 262 g/mol. The van der Waals surface area contributed by atoms with Crippen LogP contribution in [0.4, 0.5) is 6.01 Å². The molecule has 0 saturated carbocycles. The van der Waals surface area contributed by atoms with Crippen LogP contribution in [0.15, 0.2) is 4.42 Å². The fraction of sp³-hybridized carbons (Fsp3) is 0.818. The lowest BCUT2D eigenvalue weighted by molar-refractivity contribution is 0.156. The minimum atomic E-state index is 0.122. The molecule has 0 fully saturated rings. The molecule has 0 amide bonds. The third-order valence-corrected chi connectivity index (χ3v) is 2.67. The van der Waals surface area contributed by atoms with E-state index in [1.54, 1.807) is 7.11 Å². The summed E-state index contributed by atoms with van der Waals surface area (Å²) < 4.78 is 10.4. The van der Waals surface area contributed by atoms with Gasteiger partial charge in [-0.25, -0.2) is 0 Å². The number of anilines is 1. The van der Waals surface area contributed by atoms with Crippen LogP contribution in [0.3, 0.4) is 0 Å². The normalized spacial score (nSPS) is 11.8. The van der Waals surface area contributed by atoms with Crippen LogP contribution >= 0.6 is 11.6 Å². The highest BCUT2D eigenvalue weighted by Gasteiger charge is 2.18. The number of halogens is 1. The van der Waals surface area contributed by atoms with Crippen molar-refractivity contribution in [2.24, 2.45) is 5.41 Å². The molecule has 0 aliphatic carbocycles. The quantitative estimate of drug-likeness (QED) is 0.728. The van der Waals surface area contributed by atoms with Crippen LogP contribution in [0.2, 0.25) is 0 Å². The molecular formula is C11H20ClN3O2. The van der Waals surface area contributed by atoms with Gasteiger partial charge in [-0.3, -0.25) is 0 Å². The van der Waals surface area contributed by atoms with Crippen molar-refractivity contribution in [2.75, 3.05) is 31.5 Å². The molecule has 0 unspecified atom stereocenters. The Kier molecular flexibility index (Phi) is 5.71. The molecule has 98 valence electrons. The molecule has 0 aliphatic rings. The first kappa shape index (κ1) is 14.3. The number of aromatic nitrogens is 2. The van der Waals surface area contributed by atoms with Crippen molar-refractivity contribution in [3.05, 3.63) is 5.89 Å². The molecule has 6 heteroatoms. The van der Waals surface area contributed by atoms with Crippen LogP contribution in [-0.2, 0) is 11.2 Å². The average Bonchev–Trinajstić information content (AvgIpc) is 2.73. The number of aryl methyl sites for hydroxylation is 1. The van der Waals surface area contributed by atoms with Gasteiger partial charge in [-0.15, -0.1) is 16.7 Å². The third kappa shape index (κ3) is 5.37. The van der Waals surface area contributed by atoms with Crippen LogP contribution in [0.1, 0.15) is 26.2 Å². The van der Waals surface area contributed by atoms with Gasteiger partial charge in [0.15, 0.2) is 0 Å². The fourth-order valence-corrected chi connectivity index (χ4v) is 1.45. The number of methoxy groups -OCH3 is 1. The van der Waals surface area contributed by atoms with E-state index < -0.39 is 0 Å². The maximum absolute atomic E-state index is 5.59. The Morgan fingerprint density at radius 3 is 2.82 bits per heavy atom. The lowest BCUT2D eigenvalue weighted by Crippen LogP contribution is -2.24. The Hall–Kier alpha value is -0.810. The first-order valence-corrected chi connectivity index (χ1v) is 6.22. The second-order valence-corrected chi connectivity index (χ2v) is 5.08. The molecule has 1 aromatic heterocycles. The summed E-state index contributed by atoms with van der Waals surface area (Å²) in [5.74, 6) is 1.05. The summed E-state index contributed by atoms with van der Waals surface area (Å²) in [5.41, 5.74) is 0.122. The molecule has 5 nitrogen and oxygen atoms in total. The SMILES string of the molecule is COCCC(C)(C)CNc1nnc(CCCl)o1. The molecule has 1 heterocycles. The van der Waals surface area contributed by atoms with E-state index in [0.717, 1.165) is 19.6 Å². The van der Waals surface area contributed by atoms with Crippen LogP contribution in [0.5, 0.6) is 0 Å². The van der Waals surface area contributed by atoms with E-state index in [1.807, 2.05) is 0 Å². The summed E-state index contributed by atoms with van der Waals surface area (Å²) in [6.45, 7) is 5.83. The monoisotopic (exact) mass is 261 g/mol. The van der Waals surface area contributed by atoms with Gasteiger partial charge in [0.2, 0.25) is 5.89 Å². The summed E-state index contributed by atoms with van der Waals surface area (Å²) in [6, 6.07) is 0.454. The Morgan fingerprint density at radius 2 is 2.18 bits per heavy atom. The van der Waals surface area contributed by atoms with Gasteiger partial charge >= 0.3 is 6.01 Å². The van der Waals surface area contributed by atoms with Crippen molar-refractivity contribution >= 4 is 17.6 Å². The summed E-state index contributed by atoms with van der Waals surface area (Å²) in [4.78, 5) is 0. The molecule has 0 spiro atoms. The van der Waals surface area contributed by atoms with Crippen molar-refractivity contribution in [1.29, 1.82) is 0 Å². The van der Waals surface area contributed by atoms with E-state index >= 15 is 0 Å². The predicted octanol–water partition coefficient (Wildman–Crippen LogP) is 2.33. The van der Waals surface area contributed by atoms with Crippen molar-refractivity contribution in [2.45, 2.75) is 26.7 Å². The smallest absolute Gasteiger partial charge is 0.315 e. The maximum Gasteiger partial charge on any atom is 0.315 e. The molecule has 1 rings (SSSR count). The number of nitrogens with one attached hydrogen (secondary N) is 1. The Labute approximate surface area is 107 Å². The number of hydrogen-bond acceptors (Lipinski definition) is 5. The molecular weight excluding hydrogens is 242 g/mol. The second kappa shape index (κ2) is 6.81. The van der Waals surface area contributed by atoms with Crippen LogP contribution in [0.25, 0.3) is 0 Å². The molecule has 0 atom stereocenters. The maximum atomic E-state index is 5.59. The van der Waals surface area contributed by atoms with Gasteiger partial charge in [0.1, 0.15) is 0 Å². The van der Waals surface area contributed by atoms with Gasteiger partial charge in [0.05, 0.1) is 0 Å². The van der Waals surface area contributed by atoms with Gasteiger partial charge < -0.3 is 14.5 Å². The summed E-state index contributed by atoms with van der Waals surface area (Å²) in [6.07, 6.45) is 1.57. The first-order valence-electron chi connectivity index (χ1n) is 5.68. The highest BCUT2D eigenvalue weighted by atomic mass is 35.5. The zero-order valence-electron chi connectivity index (χ0n) is 10.6. The molecule has 1 aromatic rings. The zero-order chi connectivity index (χ0) is 12.7. The summed E-state index contributed by atoms with van der Waals surface area (Å²) in [5, 5.41) is 10.9. The van der Waals surface area contributed by atoms with Crippen molar-refractivity contribution in [1.82, 2.24) is 10.2 Å². The molecule has 0 radical (unpaired) electrons. The topological polar surface area (TPSA) is 60.2 Å². The van der Waals surface area contributed by atoms with Gasteiger partial charge in [0.25, 0.3) is 0 Å². The van der Waals surface area contributed by atoms with E-state index in [0.29, 0.717) is 24.2 Å². The van der Waals surface area contributed by atoms with Crippen molar-refractivity contribution in [3.63, 3.8) is 0 Å². The fourth-order valence-electron chi connectivity index (χ4n) is 1.29. The number of rotatable bonds is 8. The first-order chi connectivity index (χ1) is 8.07. The Morgan fingerprint density at radius 1 is 1.41 bits per heavy atom. The van der Waals surface area contributed by atoms with Gasteiger partial charge in [0, 0.05) is 32.6 Å². The number of ether oxygens (including phenoxy) is 1. The van der Waals surface area contributed by atoms with Crippen molar-refractivity contribution < 1.29 is 9.15 Å². The van der Waals surface area contributed by atoms with Crippen LogP contribution < -0.4 is 5.32 Å². The van der Waals surface area contributed by atoms with E-state index in [1.165, 1.54) is 0 Å². The largest absolute Gasteiger partial charge is 0.408 e. The van der Waals surface area contributed by atoms with Gasteiger partial charge in [-0.05, 0) is 11.8 Å². The highest BCUT2D eigenvalue weighted by Crippen LogP contribution is 2.20. The van der Waals surface area contributed by atoms with Crippen LogP contribution in [-0.4, -0.2) is 36.3 Å². The van der Waals surface area contributed by atoms with E-state index in [4.69, 9.17) is 20.8 Å². The van der Waals surface area contributed by atoms with E-state index in [9.17, 15) is 0 Å². The Balaban J connectivity index is 2.37. The van der Waals surface area contributed by atoms with Crippen molar-refractivity contribution in [3.8, 4) is 0 Å². The Bertz CT molecular complexity index is 328. The number of nitrogens with zero attached hydrogens (tertiary/aromatic N) is 2. The summed E-state index contributed by atoms with van der Waals surface area (Å²) >= 11 is 5.59. The summed E-state index contributed by atoms with van der Waals surface area (Å²) in [7, 11) is 1.71. The minimum absolute atomic E-state index is 0.122. The molecule has 0 bridgehead atoms. The standard InChI is InChI=1S/C11H20ClN3O2/c1-11(2,5-7-16-3)8-13-10-15-14-9(17-10)4-6-12/h4-8H2,1-3H3,(H,13,15). The molecule has 1 N–H and O–H groups in total. The van der Waals surface area contributed by atoms with E-state index in [2.05, 4.69) is 29.4 Å². The number of hydrogen-bond donors (Lipinski definition) is 1.